The lowest BCUT2D eigenvalue weighted by Gasteiger charge is -2.32. The minimum Gasteiger partial charge on any atom is -0.497 e. The second-order valence-electron chi connectivity index (χ2n) is 7.33. The lowest BCUT2D eigenvalue weighted by atomic mass is 10.1. The Morgan fingerprint density at radius 3 is 2.29 bits per heavy atom. The van der Waals surface area contributed by atoms with E-state index in [1.807, 2.05) is 39.0 Å². The molecule has 0 bridgehead atoms. The van der Waals surface area contributed by atoms with Crippen molar-refractivity contribution in [2.45, 2.75) is 31.7 Å². The van der Waals surface area contributed by atoms with Crippen molar-refractivity contribution < 1.29 is 17.9 Å². The standard InChI is InChI=1S/C24H26ClNO4S/c1-16-7-6-8-19(13-16)26(31(27,28)21-11-9-17(2)23(25)15-21)18(3)22-14-20(29-4)10-12-24(22)30-5/h6-15,18H,1-5H3. The first-order valence-corrected chi connectivity index (χ1v) is 11.6. The molecule has 0 saturated carbocycles. The fourth-order valence-electron chi connectivity index (χ4n) is 3.48. The maximum atomic E-state index is 13.9. The van der Waals surface area contributed by atoms with Crippen LogP contribution in [-0.2, 0) is 10.0 Å². The van der Waals surface area contributed by atoms with Crippen LogP contribution in [0.5, 0.6) is 11.5 Å². The van der Waals surface area contributed by atoms with Crippen LogP contribution in [0.2, 0.25) is 5.02 Å². The first-order valence-electron chi connectivity index (χ1n) is 9.78. The number of halogens is 1. The van der Waals surface area contributed by atoms with E-state index in [1.54, 1.807) is 50.6 Å². The molecule has 0 fully saturated rings. The van der Waals surface area contributed by atoms with Crippen molar-refractivity contribution in [2.24, 2.45) is 0 Å². The van der Waals surface area contributed by atoms with Crippen LogP contribution in [0.25, 0.3) is 0 Å². The summed E-state index contributed by atoms with van der Waals surface area (Å²) in [5.41, 5.74) is 2.99. The fourth-order valence-corrected chi connectivity index (χ4v) is 5.38. The van der Waals surface area contributed by atoms with Gasteiger partial charge in [0, 0.05) is 10.6 Å². The summed E-state index contributed by atoms with van der Waals surface area (Å²) in [7, 11) is -0.822. The largest absolute Gasteiger partial charge is 0.497 e. The molecule has 3 aromatic carbocycles. The van der Waals surface area contributed by atoms with Gasteiger partial charge in [-0.2, -0.15) is 0 Å². The summed E-state index contributed by atoms with van der Waals surface area (Å²) in [6.07, 6.45) is 0. The van der Waals surface area contributed by atoms with E-state index < -0.39 is 16.1 Å². The van der Waals surface area contributed by atoms with Gasteiger partial charge in [-0.1, -0.05) is 29.8 Å². The van der Waals surface area contributed by atoms with Crippen LogP contribution in [0.4, 0.5) is 5.69 Å². The third-order valence-electron chi connectivity index (χ3n) is 5.19. The first kappa shape index (κ1) is 23.0. The summed E-state index contributed by atoms with van der Waals surface area (Å²) in [5.74, 6) is 1.19. The summed E-state index contributed by atoms with van der Waals surface area (Å²) < 4.78 is 40.0. The highest BCUT2D eigenvalue weighted by molar-refractivity contribution is 7.92. The fraction of sp³-hybridized carbons (Fsp3) is 0.250. The van der Waals surface area contributed by atoms with Gasteiger partial charge >= 0.3 is 0 Å². The molecule has 3 aromatic rings. The van der Waals surface area contributed by atoms with Crippen molar-refractivity contribution in [2.75, 3.05) is 18.5 Å². The Morgan fingerprint density at radius 2 is 1.68 bits per heavy atom. The molecule has 0 aliphatic rings. The average Bonchev–Trinajstić information content (AvgIpc) is 2.75. The number of rotatable bonds is 7. The van der Waals surface area contributed by atoms with E-state index in [0.29, 0.717) is 27.8 Å². The Balaban J connectivity index is 2.24. The van der Waals surface area contributed by atoms with Crippen LogP contribution in [0.15, 0.2) is 65.6 Å². The molecule has 164 valence electrons. The third kappa shape index (κ3) is 4.65. The molecule has 1 atom stereocenters. The van der Waals surface area contributed by atoms with E-state index in [-0.39, 0.29) is 4.90 Å². The van der Waals surface area contributed by atoms with Gasteiger partial charge in [0.1, 0.15) is 11.5 Å². The minimum atomic E-state index is -3.95. The topological polar surface area (TPSA) is 55.8 Å². The zero-order valence-corrected chi connectivity index (χ0v) is 19.8. The molecular weight excluding hydrogens is 434 g/mol. The van der Waals surface area contributed by atoms with Crippen LogP contribution >= 0.6 is 11.6 Å². The monoisotopic (exact) mass is 459 g/mol. The predicted octanol–water partition coefficient (Wildman–Crippen LogP) is 5.93. The Kier molecular flexibility index (Phi) is 6.82. The molecule has 0 aliphatic carbocycles. The molecule has 0 amide bonds. The molecule has 0 heterocycles. The van der Waals surface area contributed by atoms with E-state index in [0.717, 1.165) is 11.1 Å². The Morgan fingerprint density at radius 1 is 0.935 bits per heavy atom. The van der Waals surface area contributed by atoms with Crippen LogP contribution in [0.3, 0.4) is 0 Å². The maximum absolute atomic E-state index is 13.9. The molecule has 7 heteroatoms. The number of hydrogen-bond acceptors (Lipinski definition) is 4. The summed E-state index contributed by atoms with van der Waals surface area (Å²) in [6, 6.07) is 16.9. The second kappa shape index (κ2) is 9.20. The van der Waals surface area contributed by atoms with Crippen molar-refractivity contribution in [3.05, 3.63) is 82.4 Å². The normalized spacial score (nSPS) is 12.3. The smallest absolute Gasteiger partial charge is 0.264 e. The van der Waals surface area contributed by atoms with Gasteiger partial charge in [0.15, 0.2) is 0 Å². The van der Waals surface area contributed by atoms with E-state index in [4.69, 9.17) is 21.1 Å². The molecule has 0 aliphatic heterocycles. The summed E-state index contributed by atoms with van der Waals surface area (Å²) in [4.78, 5) is 0.123. The molecular formula is C24H26ClNO4S. The first-order chi connectivity index (χ1) is 14.7. The summed E-state index contributed by atoms with van der Waals surface area (Å²) in [5, 5.41) is 0.400. The van der Waals surface area contributed by atoms with Crippen molar-refractivity contribution >= 4 is 27.3 Å². The van der Waals surface area contributed by atoms with Gasteiger partial charge in [0.05, 0.1) is 30.8 Å². The molecule has 1 unspecified atom stereocenters. The molecule has 0 saturated heterocycles. The predicted molar refractivity (Wildman–Crippen MR) is 125 cm³/mol. The summed E-state index contributed by atoms with van der Waals surface area (Å²) >= 11 is 6.26. The average molecular weight is 460 g/mol. The highest BCUT2D eigenvalue weighted by Gasteiger charge is 2.32. The molecule has 5 nitrogen and oxygen atoms in total. The van der Waals surface area contributed by atoms with Crippen molar-refractivity contribution in [3.8, 4) is 11.5 Å². The SMILES string of the molecule is COc1ccc(OC)c(C(C)N(c2cccc(C)c2)S(=O)(=O)c2ccc(C)c(Cl)c2)c1. The number of nitrogens with zero attached hydrogens (tertiary/aromatic N) is 1. The number of hydrogen-bond donors (Lipinski definition) is 0. The highest BCUT2D eigenvalue weighted by atomic mass is 35.5. The Hall–Kier alpha value is -2.70. The number of aryl methyl sites for hydroxylation is 2. The zero-order valence-electron chi connectivity index (χ0n) is 18.2. The van der Waals surface area contributed by atoms with Gasteiger partial charge in [0.2, 0.25) is 0 Å². The second-order valence-corrected chi connectivity index (χ2v) is 9.56. The van der Waals surface area contributed by atoms with E-state index >= 15 is 0 Å². The van der Waals surface area contributed by atoms with Crippen LogP contribution in [0.1, 0.15) is 29.7 Å². The lowest BCUT2D eigenvalue weighted by molar-refractivity contribution is 0.396. The molecule has 31 heavy (non-hydrogen) atoms. The number of methoxy groups -OCH3 is 2. The van der Waals surface area contributed by atoms with Crippen LogP contribution < -0.4 is 13.8 Å². The van der Waals surface area contributed by atoms with E-state index in [2.05, 4.69) is 0 Å². The van der Waals surface area contributed by atoms with Crippen LogP contribution in [0, 0.1) is 13.8 Å². The van der Waals surface area contributed by atoms with Crippen molar-refractivity contribution in [1.82, 2.24) is 0 Å². The van der Waals surface area contributed by atoms with Crippen LogP contribution in [-0.4, -0.2) is 22.6 Å². The molecule has 0 aromatic heterocycles. The molecule has 3 rings (SSSR count). The molecule has 0 spiro atoms. The van der Waals surface area contributed by atoms with E-state index in [9.17, 15) is 8.42 Å². The van der Waals surface area contributed by atoms with Gasteiger partial charge in [-0.05, 0) is 74.4 Å². The quantitative estimate of drug-likeness (QED) is 0.439. The third-order valence-corrected chi connectivity index (χ3v) is 7.50. The van der Waals surface area contributed by atoms with Crippen molar-refractivity contribution in [3.63, 3.8) is 0 Å². The number of sulfonamides is 1. The number of anilines is 1. The Bertz CT molecular complexity index is 1190. The van der Waals surface area contributed by atoms with Gasteiger partial charge in [-0.3, -0.25) is 4.31 Å². The van der Waals surface area contributed by atoms with Gasteiger partial charge in [0.25, 0.3) is 10.0 Å². The number of benzene rings is 3. The Labute approximate surface area is 189 Å². The van der Waals surface area contributed by atoms with Gasteiger partial charge in [-0.15, -0.1) is 0 Å². The van der Waals surface area contributed by atoms with E-state index in [1.165, 1.54) is 10.4 Å². The molecule has 0 N–H and O–H groups in total. The zero-order chi connectivity index (χ0) is 22.8. The summed E-state index contributed by atoms with van der Waals surface area (Å²) in [6.45, 7) is 5.58. The highest BCUT2D eigenvalue weighted by Crippen LogP contribution is 2.39. The van der Waals surface area contributed by atoms with Crippen molar-refractivity contribution in [1.29, 1.82) is 0 Å². The lowest BCUT2D eigenvalue weighted by Crippen LogP contribution is -2.34. The number of ether oxygens (including phenoxy) is 2. The molecule has 0 radical (unpaired) electrons. The van der Waals surface area contributed by atoms with Gasteiger partial charge in [-0.25, -0.2) is 8.42 Å². The maximum Gasteiger partial charge on any atom is 0.264 e. The van der Waals surface area contributed by atoms with Gasteiger partial charge < -0.3 is 9.47 Å². The minimum absolute atomic E-state index is 0.123.